The van der Waals surface area contributed by atoms with Gasteiger partial charge in [-0.15, -0.1) is 11.3 Å². The lowest BCUT2D eigenvalue weighted by Crippen LogP contribution is -2.44. The first-order chi connectivity index (χ1) is 13.7. The van der Waals surface area contributed by atoms with Gasteiger partial charge in [-0.05, 0) is 35.9 Å². The largest absolute Gasteiger partial charge is 0.355 e. The maximum atomic E-state index is 12.2. The van der Waals surface area contributed by atoms with E-state index in [1.54, 1.807) is 11.3 Å². The van der Waals surface area contributed by atoms with E-state index in [0.717, 1.165) is 24.4 Å². The molecule has 146 valence electrons. The van der Waals surface area contributed by atoms with Gasteiger partial charge < -0.3 is 9.84 Å². The summed E-state index contributed by atoms with van der Waals surface area (Å²) in [7, 11) is 0. The Kier molecular flexibility index (Phi) is 5.83. The average molecular weight is 397 g/mol. The Hall–Kier alpha value is -2.51. The Morgan fingerprint density at radius 2 is 2.14 bits per heavy atom. The Balaban J connectivity index is 1.21. The van der Waals surface area contributed by atoms with E-state index in [9.17, 15) is 4.79 Å². The van der Waals surface area contributed by atoms with E-state index in [1.807, 2.05) is 17.5 Å². The average Bonchev–Trinajstić information content (AvgIpc) is 3.41. The number of hydrogen-bond acceptors (Lipinski definition) is 6. The number of carbonyl (C=O) groups is 1. The van der Waals surface area contributed by atoms with Gasteiger partial charge in [-0.2, -0.15) is 4.98 Å². The van der Waals surface area contributed by atoms with Crippen molar-refractivity contribution in [3.8, 4) is 10.7 Å². The summed E-state index contributed by atoms with van der Waals surface area (Å²) in [6.45, 7) is 4.78. The van der Waals surface area contributed by atoms with E-state index in [1.165, 1.54) is 11.1 Å². The van der Waals surface area contributed by atoms with E-state index >= 15 is 0 Å². The van der Waals surface area contributed by atoms with Crippen molar-refractivity contribution in [2.75, 3.05) is 13.1 Å². The number of benzene rings is 1. The van der Waals surface area contributed by atoms with Crippen molar-refractivity contribution in [1.29, 1.82) is 0 Å². The first kappa shape index (κ1) is 18.8. The van der Waals surface area contributed by atoms with Gasteiger partial charge in [0.05, 0.1) is 4.88 Å². The van der Waals surface area contributed by atoms with Crippen molar-refractivity contribution in [2.45, 2.75) is 38.8 Å². The van der Waals surface area contributed by atoms with Crippen LogP contribution in [0.4, 0.5) is 0 Å². The number of thiophene rings is 1. The number of fused-ring (bicyclic) bond motifs is 1. The molecule has 28 heavy (non-hydrogen) atoms. The monoisotopic (exact) mass is 396 g/mol. The second kappa shape index (κ2) is 8.67. The predicted molar refractivity (Wildman–Crippen MR) is 109 cm³/mol. The number of carbonyl (C=O) groups excluding carboxylic acids is 1. The maximum Gasteiger partial charge on any atom is 0.227 e. The van der Waals surface area contributed by atoms with Crippen LogP contribution < -0.4 is 5.32 Å². The molecule has 0 saturated carbocycles. The SMILES string of the molecule is CC(CNC(=O)CCc1nc(-c2cccs2)no1)N1CCc2ccccc2C1. The van der Waals surface area contributed by atoms with Crippen LogP contribution in [-0.4, -0.2) is 40.1 Å². The van der Waals surface area contributed by atoms with E-state index in [4.69, 9.17) is 4.52 Å². The molecule has 7 heteroatoms. The molecule has 3 heterocycles. The molecule has 4 rings (SSSR count). The summed E-state index contributed by atoms with van der Waals surface area (Å²) in [5.41, 5.74) is 2.83. The van der Waals surface area contributed by atoms with Gasteiger partial charge in [0, 0.05) is 38.5 Å². The number of aryl methyl sites for hydroxylation is 1. The molecule has 0 bridgehead atoms. The van der Waals surface area contributed by atoms with Gasteiger partial charge in [0.1, 0.15) is 0 Å². The Bertz CT molecular complexity index is 922. The number of aromatic nitrogens is 2. The smallest absolute Gasteiger partial charge is 0.227 e. The fourth-order valence-electron chi connectivity index (χ4n) is 3.46. The quantitative estimate of drug-likeness (QED) is 0.664. The van der Waals surface area contributed by atoms with E-state index < -0.39 is 0 Å². The zero-order valence-electron chi connectivity index (χ0n) is 15.9. The normalized spacial score (nSPS) is 15.2. The van der Waals surface area contributed by atoms with Crippen LogP contribution in [0.5, 0.6) is 0 Å². The van der Waals surface area contributed by atoms with Gasteiger partial charge in [0.2, 0.25) is 17.6 Å². The molecule has 0 spiro atoms. The molecular weight excluding hydrogens is 372 g/mol. The molecule has 3 aromatic rings. The summed E-state index contributed by atoms with van der Waals surface area (Å²) in [6.07, 6.45) is 1.87. The molecule has 0 saturated heterocycles. The van der Waals surface area contributed by atoms with E-state index in [-0.39, 0.29) is 5.91 Å². The summed E-state index contributed by atoms with van der Waals surface area (Å²) in [6, 6.07) is 12.8. The molecular formula is C21H24N4O2S. The van der Waals surface area contributed by atoms with Crippen LogP contribution in [0.1, 0.15) is 30.4 Å². The van der Waals surface area contributed by atoms with Crippen LogP contribution in [-0.2, 0) is 24.2 Å². The van der Waals surface area contributed by atoms with Crippen molar-refractivity contribution >= 4 is 17.2 Å². The zero-order chi connectivity index (χ0) is 19.3. The van der Waals surface area contributed by atoms with Crippen molar-refractivity contribution in [3.63, 3.8) is 0 Å². The second-order valence-corrected chi connectivity index (χ2v) is 8.08. The first-order valence-electron chi connectivity index (χ1n) is 9.63. The van der Waals surface area contributed by atoms with Crippen molar-refractivity contribution < 1.29 is 9.32 Å². The molecule has 1 aliphatic rings. The lowest BCUT2D eigenvalue weighted by Gasteiger charge is -2.33. The third kappa shape index (κ3) is 4.48. The highest BCUT2D eigenvalue weighted by molar-refractivity contribution is 7.13. The van der Waals surface area contributed by atoms with Gasteiger partial charge in [0.25, 0.3) is 0 Å². The number of amides is 1. The standard InChI is InChI=1S/C21H24N4O2S/c1-15(25-11-10-16-5-2-3-6-17(16)14-25)13-22-19(26)8-9-20-23-21(24-27-20)18-7-4-12-28-18/h2-7,12,15H,8-11,13-14H2,1H3,(H,22,26). The van der Waals surface area contributed by atoms with Gasteiger partial charge in [-0.3, -0.25) is 9.69 Å². The summed E-state index contributed by atoms with van der Waals surface area (Å²) < 4.78 is 5.25. The van der Waals surface area contributed by atoms with Crippen molar-refractivity contribution in [1.82, 2.24) is 20.4 Å². The molecule has 0 radical (unpaired) electrons. The lowest BCUT2D eigenvalue weighted by molar-refractivity contribution is -0.121. The summed E-state index contributed by atoms with van der Waals surface area (Å²) in [4.78, 5) is 20.0. The fourth-order valence-corrected chi connectivity index (χ4v) is 4.10. The minimum Gasteiger partial charge on any atom is -0.355 e. The Morgan fingerprint density at radius 3 is 2.96 bits per heavy atom. The van der Waals surface area contributed by atoms with Gasteiger partial charge >= 0.3 is 0 Å². The summed E-state index contributed by atoms with van der Waals surface area (Å²) >= 11 is 1.57. The molecule has 2 aromatic heterocycles. The van der Waals surface area contributed by atoms with E-state index in [2.05, 4.69) is 51.5 Å². The van der Waals surface area contributed by atoms with Crippen LogP contribution in [0.25, 0.3) is 10.7 Å². The minimum absolute atomic E-state index is 0.0140. The number of nitrogens with one attached hydrogen (secondary N) is 1. The molecule has 1 amide bonds. The van der Waals surface area contributed by atoms with Crippen LogP contribution in [0.2, 0.25) is 0 Å². The van der Waals surface area contributed by atoms with Crippen LogP contribution in [0.3, 0.4) is 0 Å². The number of hydrogen-bond donors (Lipinski definition) is 1. The molecule has 1 aromatic carbocycles. The predicted octanol–water partition coefficient (Wildman–Crippen LogP) is 3.29. The van der Waals surface area contributed by atoms with Crippen molar-refractivity contribution in [2.24, 2.45) is 0 Å². The number of nitrogens with zero attached hydrogens (tertiary/aromatic N) is 3. The van der Waals surface area contributed by atoms with Crippen LogP contribution in [0, 0.1) is 0 Å². The molecule has 6 nitrogen and oxygen atoms in total. The topological polar surface area (TPSA) is 71.3 Å². The maximum absolute atomic E-state index is 12.2. The molecule has 1 aliphatic heterocycles. The minimum atomic E-state index is 0.0140. The molecule has 0 aliphatic carbocycles. The van der Waals surface area contributed by atoms with Gasteiger partial charge in [-0.1, -0.05) is 35.5 Å². The van der Waals surface area contributed by atoms with E-state index in [0.29, 0.717) is 37.1 Å². The highest BCUT2D eigenvalue weighted by Crippen LogP contribution is 2.22. The number of rotatable bonds is 7. The molecule has 1 unspecified atom stereocenters. The van der Waals surface area contributed by atoms with Crippen LogP contribution in [0.15, 0.2) is 46.3 Å². The summed E-state index contributed by atoms with van der Waals surface area (Å²) in [5.74, 6) is 1.10. The fraction of sp³-hybridized carbons (Fsp3) is 0.381. The lowest BCUT2D eigenvalue weighted by atomic mass is 9.99. The highest BCUT2D eigenvalue weighted by atomic mass is 32.1. The molecule has 0 fully saturated rings. The third-order valence-electron chi connectivity index (χ3n) is 5.15. The second-order valence-electron chi connectivity index (χ2n) is 7.13. The Labute approximate surface area is 168 Å². The zero-order valence-corrected chi connectivity index (χ0v) is 16.7. The first-order valence-corrected chi connectivity index (χ1v) is 10.5. The Morgan fingerprint density at radius 1 is 1.29 bits per heavy atom. The summed E-state index contributed by atoms with van der Waals surface area (Å²) in [5, 5.41) is 8.99. The third-order valence-corrected chi connectivity index (χ3v) is 6.02. The highest BCUT2D eigenvalue weighted by Gasteiger charge is 2.20. The molecule has 1 N–H and O–H groups in total. The van der Waals surface area contributed by atoms with Crippen LogP contribution >= 0.6 is 11.3 Å². The van der Waals surface area contributed by atoms with Gasteiger partial charge in [0.15, 0.2) is 0 Å². The van der Waals surface area contributed by atoms with Crippen molar-refractivity contribution in [3.05, 3.63) is 58.8 Å². The molecule has 1 atom stereocenters. The van der Waals surface area contributed by atoms with Gasteiger partial charge in [-0.25, -0.2) is 0 Å².